The van der Waals surface area contributed by atoms with Crippen LogP contribution in [0, 0.1) is 5.92 Å². The molecule has 1 aromatic heterocycles. The number of esters is 1. The number of carbonyl (C=O) groups is 1. The molecule has 0 bridgehead atoms. The van der Waals surface area contributed by atoms with Gasteiger partial charge in [-0.05, 0) is 44.2 Å². The number of nitrogens with one attached hydrogen (secondary N) is 1. The van der Waals surface area contributed by atoms with E-state index in [1.54, 1.807) is 6.07 Å². The molecule has 1 aliphatic rings. The van der Waals surface area contributed by atoms with Crippen molar-refractivity contribution in [1.82, 2.24) is 4.72 Å². The summed E-state index contributed by atoms with van der Waals surface area (Å²) in [4.78, 5) is 12.5. The van der Waals surface area contributed by atoms with Crippen molar-refractivity contribution in [3.8, 4) is 0 Å². The molecule has 0 atom stereocenters. The van der Waals surface area contributed by atoms with Gasteiger partial charge in [0, 0.05) is 10.9 Å². The molecule has 1 N–H and O–H groups in total. The van der Waals surface area contributed by atoms with Gasteiger partial charge >= 0.3 is 5.97 Å². The van der Waals surface area contributed by atoms with Crippen LogP contribution in [0.5, 0.6) is 0 Å². The number of methoxy groups -OCH3 is 1. The monoisotopic (exact) mass is 331 g/mol. The molecule has 2 rings (SSSR count). The molecule has 5 nitrogen and oxygen atoms in total. The number of aryl methyl sites for hydroxylation is 1. The van der Waals surface area contributed by atoms with Crippen LogP contribution < -0.4 is 4.72 Å². The summed E-state index contributed by atoms with van der Waals surface area (Å²) in [6, 6.07) is 3.42. The Morgan fingerprint density at radius 3 is 2.52 bits per heavy atom. The highest BCUT2D eigenvalue weighted by Gasteiger charge is 2.29. The third kappa shape index (κ3) is 4.05. The molecule has 118 valence electrons. The average molecular weight is 331 g/mol. The Bertz CT molecular complexity index is 586. The number of hydrogen-bond donors (Lipinski definition) is 1. The van der Waals surface area contributed by atoms with Crippen molar-refractivity contribution >= 4 is 27.3 Å². The van der Waals surface area contributed by atoms with Gasteiger partial charge < -0.3 is 4.74 Å². The van der Waals surface area contributed by atoms with Gasteiger partial charge in [-0.25, -0.2) is 13.1 Å². The summed E-state index contributed by atoms with van der Waals surface area (Å²) in [5.74, 6) is -0.286. The zero-order valence-corrected chi connectivity index (χ0v) is 13.9. The molecule has 0 aliphatic heterocycles. The number of rotatable bonds is 5. The molecule has 0 amide bonds. The number of hydrogen-bond acceptors (Lipinski definition) is 5. The topological polar surface area (TPSA) is 72.5 Å². The van der Waals surface area contributed by atoms with E-state index in [9.17, 15) is 13.2 Å². The fraction of sp³-hybridized carbons (Fsp3) is 0.643. The SMILES string of the molecule is CCc1ccc(S(=O)(=O)NC2CCC(C(=O)OC)CC2)s1. The maximum Gasteiger partial charge on any atom is 0.308 e. The van der Waals surface area contributed by atoms with Gasteiger partial charge in [-0.3, -0.25) is 4.79 Å². The van der Waals surface area contributed by atoms with Gasteiger partial charge in [-0.2, -0.15) is 0 Å². The zero-order chi connectivity index (χ0) is 15.5. The number of thiophene rings is 1. The van der Waals surface area contributed by atoms with E-state index >= 15 is 0 Å². The quantitative estimate of drug-likeness (QED) is 0.841. The minimum atomic E-state index is -3.44. The molecule has 1 saturated carbocycles. The highest BCUT2D eigenvalue weighted by Crippen LogP contribution is 2.28. The molecular formula is C14H21NO4S2. The summed E-state index contributed by atoms with van der Waals surface area (Å²) >= 11 is 1.31. The van der Waals surface area contributed by atoms with E-state index in [0.717, 1.165) is 11.3 Å². The Kier molecular flexibility index (Phi) is 5.40. The molecule has 0 aromatic carbocycles. The predicted octanol–water partition coefficient (Wildman–Crippen LogP) is 2.32. The van der Waals surface area contributed by atoms with Crippen LogP contribution in [0.4, 0.5) is 0 Å². The summed E-state index contributed by atoms with van der Waals surface area (Å²) in [7, 11) is -2.05. The number of sulfonamides is 1. The lowest BCUT2D eigenvalue weighted by atomic mass is 9.86. The standard InChI is InChI=1S/C14H21NO4S2/c1-3-12-8-9-13(20-12)21(17,18)15-11-6-4-10(5-7-11)14(16)19-2/h8-11,15H,3-7H2,1-2H3. The first-order valence-electron chi connectivity index (χ1n) is 7.15. The van der Waals surface area contributed by atoms with Crippen LogP contribution in [0.15, 0.2) is 16.3 Å². The Balaban J connectivity index is 1.94. The van der Waals surface area contributed by atoms with Gasteiger partial charge in [0.15, 0.2) is 0 Å². The molecule has 21 heavy (non-hydrogen) atoms. The lowest BCUT2D eigenvalue weighted by Crippen LogP contribution is -2.38. The summed E-state index contributed by atoms with van der Waals surface area (Å²) in [5, 5.41) is 0. The van der Waals surface area contributed by atoms with E-state index in [4.69, 9.17) is 4.74 Å². The Morgan fingerprint density at radius 2 is 2.00 bits per heavy atom. The average Bonchev–Trinajstić information content (AvgIpc) is 2.96. The largest absolute Gasteiger partial charge is 0.469 e. The smallest absolute Gasteiger partial charge is 0.308 e. The van der Waals surface area contributed by atoms with Crippen molar-refractivity contribution in [2.75, 3.05) is 7.11 Å². The minimum absolute atomic E-state index is 0.0933. The summed E-state index contributed by atoms with van der Waals surface area (Å²) in [6.07, 6.45) is 3.52. The van der Waals surface area contributed by atoms with Crippen LogP contribution in [0.3, 0.4) is 0 Å². The van der Waals surface area contributed by atoms with Crippen molar-refractivity contribution < 1.29 is 17.9 Å². The van der Waals surface area contributed by atoms with Crippen molar-refractivity contribution in [2.45, 2.75) is 49.3 Å². The predicted molar refractivity (Wildman–Crippen MR) is 81.8 cm³/mol. The maximum absolute atomic E-state index is 12.3. The number of ether oxygens (including phenoxy) is 1. The third-order valence-corrected chi connectivity index (χ3v) is 7.08. The Morgan fingerprint density at radius 1 is 1.33 bits per heavy atom. The van der Waals surface area contributed by atoms with E-state index in [1.807, 2.05) is 13.0 Å². The fourth-order valence-electron chi connectivity index (χ4n) is 2.58. The first-order chi connectivity index (χ1) is 9.96. The second-order valence-corrected chi connectivity index (χ2v) is 8.38. The van der Waals surface area contributed by atoms with E-state index in [-0.39, 0.29) is 17.9 Å². The highest BCUT2D eigenvalue weighted by molar-refractivity contribution is 7.91. The molecule has 1 aromatic rings. The first kappa shape index (κ1) is 16.5. The minimum Gasteiger partial charge on any atom is -0.469 e. The molecule has 1 aliphatic carbocycles. The molecule has 1 fully saturated rings. The van der Waals surface area contributed by atoms with Gasteiger partial charge in [0.25, 0.3) is 0 Å². The van der Waals surface area contributed by atoms with E-state index in [1.165, 1.54) is 18.4 Å². The first-order valence-corrected chi connectivity index (χ1v) is 9.45. The molecular weight excluding hydrogens is 310 g/mol. The van der Waals surface area contributed by atoms with Crippen molar-refractivity contribution in [1.29, 1.82) is 0 Å². The number of carbonyl (C=O) groups excluding carboxylic acids is 1. The molecule has 0 unspecified atom stereocenters. The van der Waals surface area contributed by atoms with Gasteiger partial charge in [-0.1, -0.05) is 6.92 Å². The van der Waals surface area contributed by atoms with Gasteiger partial charge in [0.1, 0.15) is 4.21 Å². The molecule has 0 saturated heterocycles. The second kappa shape index (κ2) is 6.89. The van der Waals surface area contributed by atoms with Gasteiger partial charge in [0.05, 0.1) is 13.0 Å². The van der Waals surface area contributed by atoms with E-state index in [0.29, 0.717) is 29.9 Å². The zero-order valence-electron chi connectivity index (χ0n) is 12.3. The van der Waals surface area contributed by atoms with Crippen molar-refractivity contribution in [3.05, 3.63) is 17.0 Å². The summed E-state index contributed by atoms with van der Waals surface area (Å²) in [6.45, 7) is 2.00. The second-order valence-electron chi connectivity index (χ2n) is 5.27. The fourth-order valence-corrected chi connectivity index (χ4v) is 5.20. The molecule has 7 heteroatoms. The van der Waals surface area contributed by atoms with E-state index in [2.05, 4.69) is 4.72 Å². The molecule has 0 radical (unpaired) electrons. The lowest BCUT2D eigenvalue weighted by Gasteiger charge is -2.27. The lowest BCUT2D eigenvalue weighted by molar-refractivity contribution is -0.146. The van der Waals surface area contributed by atoms with Crippen LogP contribution in [0.25, 0.3) is 0 Å². The summed E-state index contributed by atoms with van der Waals surface area (Å²) < 4.78 is 32.5. The van der Waals surface area contributed by atoms with Crippen LogP contribution in [0.2, 0.25) is 0 Å². The maximum atomic E-state index is 12.3. The van der Waals surface area contributed by atoms with Crippen LogP contribution in [0.1, 0.15) is 37.5 Å². The summed E-state index contributed by atoms with van der Waals surface area (Å²) in [5.41, 5.74) is 0. The third-order valence-electron chi connectivity index (χ3n) is 3.83. The Labute approximate surface area is 129 Å². The molecule has 1 heterocycles. The van der Waals surface area contributed by atoms with Gasteiger partial charge in [-0.15, -0.1) is 11.3 Å². The van der Waals surface area contributed by atoms with Crippen LogP contribution >= 0.6 is 11.3 Å². The van der Waals surface area contributed by atoms with Gasteiger partial charge in [0.2, 0.25) is 10.0 Å². The van der Waals surface area contributed by atoms with E-state index < -0.39 is 10.0 Å². The highest BCUT2D eigenvalue weighted by atomic mass is 32.2. The van der Waals surface area contributed by atoms with Crippen LogP contribution in [-0.2, 0) is 26.0 Å². The van der Waals surface area contributed by atoms with Crippen LogP contribution in [-0.4, -0.2) is 27.5 Å². The normalized spacial score (nSPS) is 23.0. The van der Waals surface area contributed by atoms with Crippen molar-refractivity contribution in [3.63, 3.8) is 0 Å². The van der Waals surface area contributed by atoms with Crippen molar-refractivity contribution in [2.24, 2.45) is 5.92 Å². The molecule has 0 spiro atoms. The Hall–Kier alpha value is -0.920.